The van der Waals surface area contributed by atoms with Crippen LogP contribution in [0.25, 0.3) is 0 Å². The summed E-state index contributed by atoms with van der Waals surface area (Å²) in [5.74, 6) is 0.711. The van der Waals surface area contributed by atoms with Crippen LogP contribution in [-0.4, -0.2) is 13.7 Å². The van der Waals surface area contributed by atoms with Crippen LogP contribution in [0.5, 0.6) is 5.75 Å². The Labute approximate surface area is 96.6 Å². The molecule has 0 atom stereocenters. The van der Waals surface area contributed by atoms with Gasteiger partial charge in [-0.2, -0.15) is 0 Å². The van der Waals surface area contributed by atoms with Gasteiger partial charge in [-0.1, -0.05) is 38.4 Å². The van der Waals surface area contributed by atoms with E-state index >= 15 is 0 Å². The third kappa shape index (κ3) is 3.63. The fraction of sp³-hybridized carbons (Fsp3) is 0.500. The second-order valence-corrected chi connectivity index (χ2v) is 5.14. The minimum absolute atomic E-state index is 0.229. The van der Waals surface area contributed by atoms with Crippen LogP contribution in [0.2, 0.25) is 5.02 Å². The highest BCUT2D eigenvalue weighted by Gasteiger charge is 2.12. The number of hydrogen-bond donors (Lipinski definition) is 1. The second-order valence-electron chi connectivity index (χ2n) is 4.73. The predicted molar refractivity (Wildman–Crippen MR) is 65.9 cm³/mol. The third-order valence-electron chi connectivity index (χ3n) is 1.98. The number of anilines is 1. The fourth-order valence-corrected chi connectivity index (χ4v) is 1.47. The van der Waals surface area contributed by atoms with Crippen LogP contribution in [0.1, 0.15) is 20.8 Å². The van der Waals surface area contributed by atoms with Crippen LogP contribution in [0.15, 0.2) is 18.2 Å². The van der Waals surface area contributed by atoms with E-state index in [1.165, 1.54) is 0 Å². The van der Waals surface area contributed by atoms with E-state index in [2.05, 4.69) is 26.1 Å². The molecule has 0 heterocycles. The summed E-state index contributed by atoms with van der Waals surface area (Å²) in [6, 6.07) is 5.70. The van der Waals surface area contributed by atoms with Crippen LogP contribution >= 0.6 is 11.6 Å². The van der Waals surface area contributed by atoms with Crippen molar-refractivity contribution in [1.29, 1.82) is 0 Å². The molecule has 0 unspecified atom stereocenters. The molecule has 3 heteroatoms. The number of nitrogens with one attached hydrogen (secondary N) is 1. The van der Waals surface area contributed by atoms with Gasteiger partial charge in [0.25, 0.3) is 0 Å². The SMILES string of the molecule is COc1c(Cl)cccc1NCC(C)(C)C. The van der Waals surface area contributed by atoms with Gasteiger partial charge >= 0.3 is 0 Å². The Morgan fingerprint density at radius 2 is 2.00 bits per heavy atom. The number of rotatable bonds is 3. The maximum absolute atomic E-state index is 6.01. The van der Waals surface area contributed by atoms with Crippen molar-refractivity contribution in [2.75, 3.05) is 19.0 Å². The molecule has 2 nitrogen and oxygen atoms in total. The highest BCUT2D eigenvalue weighted by Crippen LogP contribution is 2.32. The standard InChI is InChI=1S/C12H18ClNO/c1-12(2,3)8-14-10-7-5-6-9(13)11(10)15-4/h5-7,14H,8H2,1-4H3. The van der Waals surface area contributed by atoms with Gasteiger partial charge in [-0.05, 0) is 17.5 Å². The molecule has 0 radical (unpaired) electrons. The van der Waals surface area contributed by atoms with Gasteiger partial charge in [0, 0.05) is 6.54 Å². The first-order valence-electron chi connectivity index (χ1n) is 5.00. The van der Waals surface area contributed by atoms with Crippen molar-refractivity contribution in [3.63, 3.8) is 0 Å². The number of halogens is 1. The number of para-hydroxylation sites is 1. The lowest BCUT2D eigenvalue weighted by atomic mass is 9.97. The molecule has 0 aliphatic heterocycles. The van der Waals surface area contributed by atoms with Crippen molar-refractivity contribution >= 4 is 17.3 Å². The fourth-order valence-electron chi connectivity index (χ4n) is 1.22. The second kappa shape index (κ2) is 4.75. The van der Waals surface area contributed by atoms with Gasteiger partial charge in [0.2, 0.25) is 0 Å². The summed E-state index contributed by atoms with van der Waals surface area (Å²) in [7, 11) is 1.63. The highest BCUT2D eigenvalue weighted by molar-refractivity contribution is 6.32. The van der Waals surface area contributed by atoms with Crippen LogP contribution in [0, 0.1) is 5.41 Å². The first kappa shape index (κ1) is 12.2. The smallest absolute Gasteiger partial charge is 0.160 e. The Morgan fingerprint density at radius 1 is 1.33 bits per heavy atom. The van der Waals surface area contributed by atoms with Crippen LogP contribution in [0.3, 0.4) is 0 Å². The molecule has 0 aromatic heterocycles. The normalized spacial score (nSPS) is 11.3. The van der Waals surface area contributed by atoms with Gasteiger partial charge in [0.1, 0.15) is 0 Å². The zero-order chi connectivity index (χ0) is 11.5. The summed E-state index contributed by atoms with van der Waals surface area (Å²) >= 11 is 6.01. The average Bonchev–Trinajstić information content (AvgIpc) is 2.13. The Bertz CT molecular complexity index is 331. The van der Waals surface area contributed by atoms with Crippen molar-refractivity contribution in [3.05, 3.63) is 23.2 Å². The zero-order valence-electron chi connectivity index (χ0n) is 9.73. The first-order valence-corrected chi connectivity index (χ1v) is 5.38. The van der Waals surface area contributed by atoms with Crippen LogP contribution in [0.4, 0.5) is 5.69 Å². The van der Waals surface area contributed by atoms with Gasteiger partial charge in [-0.3, -0.25) is 0 Å². The molecule has 0 saturated heterocycles. The largest absolute Gasteiger partial charge is 0.493 e. The molecule has 1 rings (SSSR count). The summed E-state index contributed by atoms with van der Waals surface area (Å²) in [6.07, 6.45) is 0. The molecule has 0 aliphatic rings. The molecule has 0 aliphatic carbocycles. The Kier molecular flexibility index (Phi) is 3.86. The van der Waals surface area contributed by atoms with Crippen molar-refractivity contribution in [2.24, 2.45) is 5.41 Å². The maximum Gasteiger partial charge on any atom is 0.160 e. The Morgan fingerprint density at radius 3 is 2.53 bits per heavy atom. The van der Waals surface area contributed by atoms with Gasteiger partial charge in [-0.15, -0.1) is 0 Å². The lowest BCUT2D eigenvalue weighted by Crippen LogP contribution is -2.19. The molecule has 0 spiro atoms. The quantitative estimate of drug-likeness (QED) is 0.848. The van der Waals surface area contributed by atoms with Crippen LogP contribution in [-0.2, 0) is 0 Å². The van der Waals surface area contributed by atoms with Crippen LogP contribution < -0.4 is 10.1 Å². The van der Waals surface area contributed by atoms with Crippen molar-refractivity contribution in [1.82, 2.24) is 0 Å². The van der Waals surface area contributed by atoms with E-state index in [0.29, 0.717) is 10.8 Å². The molecule has 15 heavy (non-hydrogen) atoms. The predicted octanol–water partition coefficient (Wildman–Crippen LogP) is 3.81. The number of hydrogen-bond acceptors (Lipinski definition) is 2. The lowest BCUT2D eigenvalue weighted by Gasteiger charge is -2.21. The average molecular weight is 228 g/mol. The summed E-state index contributed by atoms with van der Waals surface area (Å²) in [5.41, 5.74) is 1.17. The van der Waals surface area contributed by atoms with Gasteiger partial charge in [-0.25, -0.2) is 0 Å². The van der Waals surface area contributed by atoms with E-state index in [9.17, 15) is 0 Å². The first-order chi connectivity index (χ1) is 6.94. The highest BCUT2D eigenvalue weighted by atomic mass is 35.5. The van der Waals surface area contributed by atoms with E-state index in [1.54, 1.807) is 7.11 Å². The van der Waals surface area contributed by atoms with Crippen molar-refractivity contribution in [2.45, 2.75) is 20.8 Å². The topological polar surface area (TPSA) is 21.3 Å². The molecular formula is C12H18ClNO. The summed E-state index contributed by atoms with van der Waals surface area (Å²) in [5, 5.41) is 3.97. The molecule has 0 bridgehead atoms. The summed E-state index contributed by atoms with van der Waals surface area (Å²) in [4.78, 5) is 0. The Balaban J connectivity index is 2.81. The van der Waals surface area contributed by atoms with E-state index in [4.69, 9.17) is 16.3 Å². The molecule has 84 valence electrons. The monoisotopic (exact) mass is 227 g/mol. The van der Waals surface area contributed by atoms with Gasteiger partial charge in [0.05, 0.1) is 17.8 Å². The van der Waals surface area contributed by atoms with Gasteiger partial charge < -0.3 is 10.1 Å². The van der Waals surface area contributed by atoms with E-state index in [0.717, 1.165) is 12.2 Å². The molecular weight excluding hydrogens is 210 g/mol. The number of methoxy groups -OCH3 is 1. The third-order valence-corrected chi connectivity index (χ3v) is 2.28. The van der Waals surface area contributed by atoms with E-state index < -0.39 is 0 Å². The van der Waals surface area contributed by atoms with E-state index in [1.807, 2.05) is 18.2 Å². The minimum atomic E-state index is 0.229. The summed E-state index contributed by atoms with van der Waals surface area (Å²) in [6.45, 7) is 7.41. The maximum atomic E-state index is 6.01. The van der Waals surface area contributed by atoms with E-state index in [-0.39, 0.29) is 5.41 Å². The molecule has 0 saturated carbocycles. The molecule has 1 aromatic carbocycles. The minimum Gasteiger partial charge on any atom is -0.493 e. The Hall–Kier alpha value is -0.890. The van der Waals surface area contributed by atoms with Gasteiger partial charge in [0.15, 0.2) is 5.75 Å². The zero-order valence-corrected chi connectivity index (χ0v) is 10.5. The molecule has 1 aromatic rings. The lowest BCUT2D eigenvalue weighted by molar-refractivity contribution is 0.413. The van der Waals surface area contributed by atoms with Crippen molar-refractivity contribution in [3.8, 4) is 5.75 Å². The molecule has 1 N–H and O–H groups in total. The molecule has 0 fully saturated rings. The molecule has 0 amide bonds. The van der Waals surface area contributed by atoms with Crippen molar-refractivity contribution < 1.29 is 4.74 Å². The summed E-state index contributed by atoms with van der Waals surface area (Å²) < 4.78 is 5.25. The number of benzene rings is 1. The number of ether oxygens (including phenoxy) is 1.